The Balaban J connectivity index is 1.72. The second-order valence-corrected chi connectivity index (χ2v) is 6.64. The standard InChI is InChI=1S/C23H18ClNO4/c24-19-13-11-17(12-14-19)22(21(27)16-7-3-1-4-8-16)29-20(26)15-25-23(28)18-9-5-2-6-10-18/h1-14,22H,15H2,(H,25,28). The van der Waals surface area contributed by atoms with Gasteiger partial charge in [0.05, 0.1) is 0 Å². The molecule has 5 nitrogen and oxygen atoms in total. The maximum absolute atomic E-state index is 12.9. The van der Waals surface area contributed by atoms with Crippen molar-refractivity contribution in [3.8, 4) is 0 Å². The number of ketones is 1. The monoisotopic (exact) mass is 407 g/mol. The van der Waals surface area contributed by atoms with Crippen LogP contribution < -0.4 is 5.32 Å². The zero-order valence-corrected chi connectivity index (χ0v) is 16.1. The van der Waals surface area contributed by atoms with Crippen LogP contribution in [0.1, 0.15) is 32.4 Å². The first kappa shape index (κ1) is 20.3. The average Bonchev–Trinajstić information content (AvgIpc) is 2.77. The van der Waals surface area contributed by atoms with E-state index in [1.807, 2.05) is 0 Å². The van der Waals surface area contributed by atoms with E-state index in [-0.39, 0.29) is 12.3 Å². The number of ether oxygens (including phenoxy) is 1. The highest BCUT2D eigenvalue weighted by Gasteiger charge is 2.26. The molecule has 0 heterocycles. The van der Waals surface area contributed by atoms with E-state index in [4.69, 9.17) is 16.3 Å². The quantitative estimate of drug-likeness (QED) is 0.469. The molecule has 29 heavy (non-hydrogen) atoms. The van der Waals surface area contributed by atoms with Crippen molar-refractivity contribution in [2.24, 2.45) is 0 Å². The van der Waals surface area contributed by atoms with E-state index < -0.39 is 18.0 Å². The molecule has 0 saturated heterocycles. The number of nitrogens with one attached hydrogen (secondary N) is 1. The number of hydrogen-bond acceptors (Lipinski definition) is 4. The fourth-order valence-corrected chi connectivity index (χ4v) is 2.81. The van der Waals surface area contributed by atoms with Gasteiger partial charge < -0.3 is 10.1 Å². The summed E-state index contributed by atoms with van der Waals surface area (Å²) in [5, 5.41) is 3.00. The summed E-state index contributed by atoms with van der Waals surface area (Å²) in [4.78, 5) is 37.4. The Bertz CT molecular complexity index is 988. The fraction of sp³-hybridized carbons (Fsp3) is 0.0870. The lowest BCUT2D eigenvalue weighted by molar-refractivity contribution is -0.146. The minimum Gasteiger partial charge on any atom is -0.448 e. The molecule has 1 amide bonds. The molecule has 3 rings (SSSR count). The third-order valence-electron chi connectivity index (χ3n) is 4.15. The molecule has 0 aliphatic heterocycles. The third kappa shape index (κ3) is 5.53. The molecule has 146 valence electrons. The Morgan fingerprint density at radius 3 is 1.93 bits per heavy atom. The predicted molar refractivity (Wildman–Crippen MR) is 110 cm³/mol. The Labute approximate surface area is 173 Å². The van der Waals surface area contributed by atoms with E-state index >= 15 is 0 Å². The molecular weight excluding hydrogens is 390 g/mol. The highest BCUT2D eigenvalue weighted by Crippen LogP contribution is 2.24. The summed E-state index contributed by atoms with van der Waals surface area (Å²) < 4.78 is 5.43. The number of esters is 1. The van der Waals surface area contributed by atoms with E-state index in [9.17, 15) is 14.4 Å². The Hall–Kier alpha value is -3.44. The Morgan fingerprint density at radius 1 is 0.793 bits per heavy atom. The molecule has 1 unspecified atom stereocenters. The van der Waals surface area contributed by atoms with Crippen LogP contribution in [-0.4, -0.2) is 24.2 Å². The Morgan fingerprint density at radius 2 is 1.34 bits per heavy atom. The van der Waals surface area contributed by atoms with Crippen molar-refractivity contribution in [1.29, 1.82) is 0 Å². The largest absolute Gasteiger partial charge is 0.448 e. The molecule has 0 aromatic heterocycles. The van der Waals surface area contributed by atoms with Gasteiger partial charge in [0.15, 0.2) is 6.10 Å². The lowest BCUT2D eigenvalue weighted by atomic mass is 10.00. The van der Waals surface area contributed by atoms with Gasteiger partial charge in [0, 0.05) is 21.7 Å². The SMILES string of the molecule is O=C(CNC(=O)c1ccccc1)OC(C(=O)c1ccccc1)c1ccc(Cl)cc1. The second-order valence-electron chi connectivity index (χ2n) is 6.20. The molecule has 0 radical (unpaired) electrons. The molecule has 1 N–H and O–H groups in total. The molecular formula is C23H18ClNO4. The zero-order valence-electron chi connectivity index (χ0n) is 15.4. The van der Waals surface area contributed by atoms with Gasteiger partial charge in [0.2, 0.25) is 5.78 Å². The summed E-state index contributed by atoms with van der Waals surface area (Å²) in [5.41, 5.74) is 1.33. The highest BCUT2D eigenvalue weighted by atomic mass is 35.5. The van der Waals surface area contributed by atoms with E-state index in [1.165, 1.54) is 0 Å². The normalized spacial score (nSPS) is 11.3. The number of Topliss-reactive ketones (excluding diaryl/α,β-unsaturated/α-hetero) is 1. The van der Waals surface area contributed by atoms with Crippen LogP contribution in [0.25, 0.3) is 0 Å². The van der Waals surface area contributed by atoms with E-state index in [0.717, 1.165) is 0 Å². The number of benzene rings is 3. The van der Waals surface area contributed by atoms with Crippen LogP contribution in [0.5, 0.6) is 0 Å². The van der Waals surface area contributed by atoms with Crippen LogP contribution in [0.15, 0.2) is 84.9 Å². The highest BCUT2D eigenvalue weighted by molar-refractivity contribution is 6.30. The van der Waals surface area contributed by atoms with Gasteiger partial charge >= 0.3 is 5.97 Å². The summed E-state index contributed by atoms with van der Waals surface area (Å²) in [5.74, 6) is -1.49. The number of carbonyl (C=O) groups excluding carboxylic acids is 3. The van der Waals surface area contributed by atoms with Gasteiger partial charge in [-0.1, -0.05) is 72.3 Å². The van der Waals surface area contributed by atoms with E-state index in [2.05, 4.69) is 5.32 Å². The predicted octanol–water partition coefficient (Wildman–Crippen LogP) is 4.24. The molecule has 0 bridgehead atoms. The smallest absolute Gasteiger partial charge is 0.326 e. The summed E-state index contributed by atoms with van der Waals surface area (Å²) in [6, 6.07) is 23.6. The lowest BCUT2D eigenvalue weighted by Crippen LogP contribution is -2.32. The summed E-state index contributed by atoms with van der Waals surface area (Å²) in [6.07, 6.45) is -1.14. The summed E-state index contributed by atoms with van der Waals surface area (Å²) >= 11 is 5.92. The number of amides is 1. The van der Waals surface area contributed by atoms with Crippen LogP contribution in [-0.2, 0) is 9.53 Å². The van der Waals surface area contributed by atoms with Gasteiger partial charge in [-0.2, -0.15) is 0 Å². The first-order chi connectivity index (χ1) is 14.0. The van der Waals surface area contributed by atoms with Gasteiger partial charge in [-0.05, 0) is 24.3 Å². The first-order valence-corrected chi connectivity index (χ1v) is 9.30. The molecule has 3 aromatic rings. The number of halogens is 1. The van der Waals surface area contributed by atoms with Gasteiger partial charge in [-0.15, -0.1) is 0 Å². The first-order valence-electron chi connectivity index (χ1n) is 8.92. The maximum Gasteiger partial charge on any atom is 0.326 e. The molecule has 1 atom stereocenters. The van der Waals surface area contributed by atoms with Crippen molar-refractivity contribution in [3.63, 3.8) is 0 Å². The topological polar surface area (TPSA) is 72.5 Å². The summed E-state index contributed by atoms with van der Waals surface area (Å²) in [7, 11) is 0. The van der Waals surface area contributed by atoms with Crippen molar-refractivity contribution in [3.05, 3.63) is 107 Å². The van der Waals surface area contributed by atoms with E-state index in [0.29, 0.717) is 21.7 Å². The molecule has 0 aliphatic carbocycles. The van der Waals surface area contributed by atoms with Crippen LogP contribution in [0, 0.1) is 0 Å². The van der Waals surface area contributed by atoms with Gasteiger partial charge in [-0.25, -0.2) is 0 Å². The minimum absolute atomic E-state index is 0.361. The molecule has 0 aliphatic rings. The number of carbonyl (C=O) groups is 3. The van der Waals surface area contributed by atoms with Crippen molar-refractivity contribution >= 4 is 29.3 Å². The fourth-order valence-electron chi connectivity index (χ4n) is 2.68. The van der Waals surface area contributed by atoms with Gasteiger partial charge in [0.25, 0.3) is 5.91 Å². The zero-order chi connectivity index (χ0) is 20.6. The number of rotatable bonds is 7. The molecule has 3 aromatic carbocycles. The number of hydrogen-bond donors (Lipinski definition) is 1. The minimum atomic E-state index is -1.14. The van der Waals surface area contributed by atoms with Crippen LogP contribution in [0.2, 0.25) is 5.02 Å². The maximum atomic E-state index is 12.9. The summed E-state index contributed by atoms with van der Waals surface area (Å²) in [6.45, 7) is -0.361. The van der Waals surface area contributed by atoms with Crippen molar-refractivity contribution in [1.82, 2.24) is 5.32 Å². The molecule has 0 saturated carbocycles. The van der Waals surface area contributed by atoms with Crippen molar-refractivity contribution < 1.29 is 19.1 Å². The van der Waals surface area contributed by atoms with Gasteiger partial charge in [0.1, 0.15) is 6.54 Å². The average molecular weight is 408 g/mol. The van der Waals surface area contributed by atoms with Crippen molar-refractivity contribution in [2.75, 3.05) is 6.54 Å². The van der Waals surface area contributed by atoms with Crippen molar-refractivity contribution in [2.45, 2.75) is 6.10 Å². The van der Waals surface area contributed by atoms with E-state index in [1.54, 1.807) is 84.9 Å². The Kier molecular flexibility index (Phi) is 6.76. The van der Waals surface area contributed by atoms with Crippen LogP contribution in [0.3, 0.4) is 0 Å². The molecule has 0 spiro atoms. The second kappa shape index (κ2) is 9.66. The molecule has 6 heteroatoms. The molecule has 0 fully saturated rings. The lowest BCUT2D eigenvalue weighted by Gasteiger charge is -2.18. The van der Waals surface area contributed by atoms with Crippen LogP contribution in [0.4, 0.5) is 0 Å². The van der Waals surface area contributed by atoms with Gasteiger partial charge in [-0.3, -0.25) is 14.4 Å². The third-order valence-corrected chi connectivity index (χ3v) is 4.40. The van der Waals surface area contributed by atoms with Crippen LogP contribution >= 0.6 is 11.6 Å².